The molecule has 3 rings (SSSR count). The van der Waals surface area contributed by atoms with Gasteiger partial charge in [-0.05, 0) is 29.8 Å². The summed E-state index contributed by atoms with van der Waals surface area (Å²) in [5, 5.41) is 1.12. The first kappa shape index (κ1) is 20.7. The van der Waals surface area contributed by atoms with Crippen LogP contribution in [0.3, 0.4) is 0 Å². The predicted octanol–water partition coefficient (Wildman–Crippen LogP) is 5.89. The number of hydrogen-bond donors (Lipinski definition) is 0. The quantitative estimate of drug-likeness (QED) is 0.386. The Morgan fingerprint density at radius 1 is 1.07 bits per heavy atom. The van der Waals surface area contributed by atoms with Crippen molar-refractivity contribution in [1.29, 1.82) is 0 Å². The van der Waals surface area contributed by atoms with Gasteiger partial charge < -0.3 is 4.57 Å². The molecule has 0 saturated heterocycles. The summed E-state index contributed by atoms with van der Waals surface area (Å²) in [5.41, 5.74) is 1.14. The molecule has 0 fully saturated rings. The highest BCUT2D eigenvalue weighted by atomic mass is 35.5. The Bertz CT molecular complexity index is 987. The lowest BCUT2D eigenvalue weighted by atomic mass is 10.1. The van der Waals surface area contributed by atoms with E-state index in [2.05, 4.69) is 4.99 Å². The summed E-state index contributed by atoms with van der Waals surface area (Å²) < 4.78 is 53.1. The van der Waals surface area contributed by atoms with Crippen LogP contribution in [0.25, 0.3) is 17.0 Å². The zero-order valence-corrected chi connectivity index (χ0v) is 15.2. The van der Waals surface area contributed by atoms with Crippen molar-refractivity contribution in [2.75, 3.05) is 6.54 Å². The lowest BCUT2D eigenvalue weighted by Crippen LogP contribution is -2.07. The lowest BCUT2D eigenvalue weighted by Gasteiger charge is -2.07. The van der Waals surface area contributed by atoms with Gasteiger partial charge in [0.05, 0.1) is 17.8 Å². The van der Waals surface area contributed by atoms with E-state index < -0.39 is 17.6 Å². The average molecular weight is 397 g/mol. The Hall–Kier alpha value is -2.60. The number of para-hydroxylation sites is 1. The number of fused-ring (bicyclic) bond motifs is 1. The molecule has 3 aromatic rings. The molecule has 142 valence electrons. The Morgan fingerprint density at radius 3 is 2.48 bits per heavy atom. The van der Waals surface area contributed by atoms with Gasteiger partial charge in [0, 0.05) is 24.2 Å². The van der Waals surface area contributed by atoms with Gasteiger partial charge in [-0.25, -0.2) is 4.39 Å². The molecular weight excluding hydrogens is 380 g/mol. The van der Waals surface area contributed by atoms with Gasteiger partial charge >= 0.3 is 6.18 Å². The van der Waals surface area contributed by atoms with Crippen molar-refractivity contribution >= 4 is 35.6 Å². The summed E-state index contributed by atoms with van der Waals surface area (Å²) in [6.07, 6.45) is 0.260. The van der Waals surface area contributed by atoms with Crippen molar-refractivity contribution in [2.45, 2.75) is 6.18 Å². The number of benzene rings is 2. The first-order valence-electron chi connectivity index (χ1n) is 7.94. The SMILES string of the molecule is Cl.Cn1c(C=NC/C=C/c2ccc(C(F)(F)F)c(F)c2)cc2ccccc21. The Labute approximate surface area is 160 Å². The Morgan fingerprint density at radius 2 is 1.81 bits per heavy atom. The third kappa shape index (κ3) is 4.77. The first-order chi connectivity index (χ1) is 12.4. The molecule has 0 amide bonds. The number of aliphatic imine (C=N–C) groups is 1. The first-order valence-corrected chi connectivity index (χ1v) is 7.94. The molecule has 0 saturated carbocycles. The molecule has 0 radical (unpaired) electrons. The van der Waals surface area contributed by atoms with E-state index in [1.807, 2.05) is 41.9 Å². The highest BCUT2D eigenvalue weighted by Crippen LogP contribution is 2.31. The molecular formula is C20H17ClF4N2. The van der Waals surface area contributed by atoms with E-state index in [0.29, 0.717) is 12.1 Å². The molecule has 0 N–H and O–H groups in total. The van der Waals surface area contributed by atoms with Crippen LogP contribution in [0.4, 0.5) is 17.6 Å². The summed E-state index contributed by atoms with van der Waals surface area (Å²) in [7, 11) is 1.95. The minimum Gasteiger partial charge on any atom is -0.343 e. The van der Waals surface area contributed by atoms with Crippen LogP contribution in [0.1, 0.15) is 16.8 Å². The summed E-state index contributed by atoms with van der Waals surface area (Å²) in [4.78, 5) is 4.29. The third-order valence-corrected chi connectivity index (χ3v) is 4.03. The second-order valence-electron chi connectivity index (χ2n) is 5.82. The zero-order valence-electron chi connectivity index (χ0n) is 14.4. The maximum atomic E-state index is 13.5. The molecule has 0 bridgehead atoms. The molecule has 1 aromatic heterocycles. The van der Waals surface area contributed by atoms with Gasteiger partial charge in [0.1, 0.15) is 5.82 Å². The van der Waals surface area contributed by atoms with Crippen molar-refractivity contribution in [1.82, 2.24) is 4.57 Å². The van der Waals surface area contributed by atoms with Gasteiger partial charge in [0.15, 0.2) is 0 Å². The van der Waals surface area contributed by atoms with Gasteiger partial charge in [-0.3, -0.25) is 4.99 Å². The van der Waals surface area contributed by atoms with E-state index in [1.54, 1.807) is 18.4 Å². The van der Waals surface area contributed by atoms with Crippen LogP contribution >= 0.6 is 12.4 Å². The van der Waals surface area contributed by atoms with E-state index in [9.17, 15) is 17.6 Å². The molecule has 1 heterocycles. The molecule has 2 aromatic carbocycles. The second kappa shape index (κ2) is 8.39. The highest BCUT2D eigenvalue weighted by Gasteiger charge is 2.33. The van der Waals surface area contributed by atoms with Crippen LogP contribution in [-0.4, -0.2) is 17.3 Å². The number of halogens is 5. The number of aryl methyl sites for hydroxylation is 1. The average Bonchev–Trinajstić information content (AvgIpc) is 2.90. The third-order valence-electron chi connectivity index (χ3n) is 4.03. The monoisotopic (exact) mass is 396 g/mol. The van der Waals surface area contributed by atoms with Crippen molar-refractivity contribution in [2.24, 2.45) is 12.0 Å². The number of rotatable bonds is 4. The Kier molecular flexibility index (Phi) is 6.44. The van der Waals surface area contributed by atoms with Crippen LogP contribution < -0.4 is 0 Å². The summed E-state index contributed by atoms with van der Waals surface area (Å²) in [5.74, 6) is -1.28. The summed E-state index contributed by atoms with van der Waals surface area (Å²) in [6.45, 7) is 0.337. The molecule has 0 aliphatic carbocycles. The second-order valence-corrected chi connectivity index (χ2v) is 5.82. The standard InChI is InChI=1S/C20H16F4N2.ClH/c1-26-16(12-15-6-2-3-7-19(15)26)13-25-10-4-5-14-8-9-17(18(21)11-14)20(22,23)24;/h2-9,11-13H,10H2,1H3;1H/b5-4+,25-13?;. The highest BCUT2D eigenvalue weighted by molar-refractivity contribution is 5.90. The van der Waals surface area contributed by atoms with E-state index in [0.717, 1.165) is 28.7 Å². The van der Waals surface area contributed by atoms with Crippen LogP contribution in [0, 0.1) is 5.82 Å². The summed E-state index contributed by atoms with van der Waals surface area (Å²) >= 11 is 0. The molecule has 0 atom stereocenters. The van der Waals surface area contributed by atoms with Crippen LogP contribution in [-0.2, 0) is 13.2 Å². The van der Waals surface area contributed by atoms with Gasteiger partial charge in [-0.15, -0.1) is 12.4 Å². The molecule has 0 aliphatic rings. The number of aromatic nitrogens is 1. The number of hydrogen-bond acceptors (Lipinski definition) is 1. The van der Waals surface area contributed by atoms with Gasteiger partial charge in [-0.2, -0.15) is 13.2 Å². The topological polar surface area (TPSA) is 17.3 Å². The lowest BCUT2D eigenvalue weighted by molar-refractivity contribution is -0.140. The Balaban J connectivity index is 0.00000261. The fourth-order valence-electron chi connectivity index (χ4n) is 2.69. The smallest absolute Gasteiger partial charge is 0.343 e. The van der Waals surface area contributed by atoms with Crippen molar-refractivity contribution in [3.63, 3.8) is 0 Å². The largest absolute Gasteiger partial charge is 0.419 e. The van der Waals surface area contributed by atoms with E-state index in [4.69, 9.17) is 0 Å². The van der Waals surface area contributed by atoms with E-state index in [1.165, 1.54) is 6.07 Å². The zero-order chi connectivity index (χ0) is 18.7. The molecule has 0 unspecified atom stereocenters. The van der Waals surface area contributed by atoms with Gasteiger partial charge in [0.2, 0.25) is 0 Å². The minimum absolute atomic E-state index is 0. The number of alkyl halides is 3. The molecule has 0 spiro atoms. The van der Waals surface area contributed by atoms with Crippen molar-refractivity contribution in [3.05, 3.63) is 77.2 Å². The van der Waals surface area contributed by atoms with Crippen LogP contribution in [0.15, 0.2) is 59.6 Å². The van der Waals surface area contributed by atoms with Gasteiger partial charge in [0.25, 0.3) is 0 Å². The molecule has 2 nitrogen and oxygen atoms in total. The van der Waals surface area contributed by atoms with E-state index in [-0.39, 0.29) is 12.4 Å². The molecule has 7 heteroatoms. The number of nitrogens with zero attached hydrogens (tertiary/aromatic N) is 2. The van der Waals surface area contributed by atoms with Crippen molar-refractivity contribution in [3.8, 4) is 0 Å². The molecule has 0 aliphatic heterocycles. The van der Waals surface area contributed by atoms with E-state index >= 15 is 0 Å². The van der Waals surface area contributed by atoms with Crippen LogP contribution in [0.5, 0.6) is 0 Å². The maximum absolute atomic E-state index is 13.5. The van der Waals surface area contributed by atoms with Gasteiger partial charge in [-0.1, -0.05) is 36.4 Å². The van der Waals surface area contributed by atoms with Crippen LogP contribution in [0.2, 0.25) is 0 Å². The predicted molar refractivity (Wildman–Crippen MR) is 103 cm³/mol. The van der Waals surface area contributed by atoms with Crippen molar-refractivity contribution < 1.29 is 17.6 Å². The fourth-order valence-corrected chi connectivity index (χ4v) is 2.69. The normalized spacial score (nSPS) is 12.2. The fraction of sp³-hybridized carbons (Fsp3) is 0.150. The molecule has 27 heavy (non-hydrogen) atoms. The summed E-state index contributed by atoms with van der Waals surface area (Å²) in [6, 6.07) is 12.8. The maximum Gasteiger partial charge on any atom is 0.419 e. The minimum atomic E-state index is -4.69.